The molecule has 8 nitrogen and oxygen atoms in total. The number of carbonyl (C=O) groups is 1. The maximum absolute atomic E-state index is 14.2. The summed E-state index contributed by atoms with van der Waals surface area (Å²) in [4.78, 5) is 23.0. The molecule has 1 amide bonds. The number of para-hydroxylation sites is 1. The fourth-order valence-corrected chi connectivity index (χ4v) is 3.80. The molecule has 0 fully saturated rings. The van der Waals surface area contributed by atoms with E-state index in [0.717, 1.165) is 11.8 Å². The van der Waals surface area contributed by atoms with Gasteiger partial charge in [0.05, 0.1) is 30.4 Å². The Morgan fingerprint density at radius 1 is 1.03 bits per heavy atom. The van der Waals surface area contributed by atoms with Gasteiger partial charge in [0.15, 0.2) is 5.69 Å². The highest BCUT2D eigenvalue weighted by Gasteiger charge is 2.24. The lowest BCUT2D eigenvalue weighted by atomic mass is 10.2. The van der Waals surface area contributed by atoms with Crippen LogP contribution in [0.1, 0.15) is 21.8 Å². The van der Waals surface area contributed by atoms with E-state index in [1.807, 2.05) is 30.3 Å². The fraction of sp³-hybridized carbons (Fsp3) is 0.125. The number of hydrogen-bond acceptors (Lipinski definition) is 7. The van der Waals surface area contributed by atoms with Gasteiger partial charge in [0.2, 0.25) is 15.0 Å². The number of aromatic nitrogens is 2. The van der Waals surface area contributed by atoms with Crippen molar-refractivity contribution in [3.63, 3.8) is 0 Å². The SMILES string of the molecule is CS(=O)(=O)c1ncc(N(Cc2ccccc2)Cc2ccco2)c(C(=O)Nc2ccccc2F)n1. The highest BCUT2D eigenvalue weighted by molar-refractivity contribution is 7.90. The van der Waals surface area contributed by atoms with Gasteiger partial charge >= 0.3 is 0 Å². The molecule has 0 saturated heterocycles. The van der Waals surface area contributed by atoms with Gasteiger partial charge < -0.3 is 14.6 Å². The van der Waals surface area contributed by atoms with Gasteiger partial charge in [-0.3, -0.25) is 4.79 Å². The number of nitrogens with one attached hydrogen (secondary N) is 1. The van der Waals surface area contributed by atoms with Crippen LogP contribution < -0.4 is 10.2 Å². The topological polar surface area (TPSA) is 105 Å². The van der Waals surface area contributed by atoms with Gasteiger partial charge in [0.25, 0.3) is 5.91 Å². The highest BCUT2D eigenvalue weighted by Crippen LogP contribution is 2.25. The van der Waals surface area contributed by atoms with Crippen molar-refractivity contribution in [2.24, 2.45) is 0 Å². The van der Waals surface area contributed by atoms with E-state index in [0.29, 0.717) is 12.3 Å². The predicted octanol–water partition coefficient (Wildman–Crippen LogP) is 4.07. The first kappa shape index (κ1) is 23.1. The Kier molecular flexibility index (Phi) is 6.69. The Bertz CT molecular complexity index is 1390. The number of sulfone groups is 1. The molecule has 0 atom stereocenters. The molecule has 4 rings (SSSR count). The molecule has 0 aliphatic carbocycles. The van der Waals surface area contributed by atoms with Gasteiger partial charge in [0, 0.05) is 12.8 Å². The number of furan rings is 1. The van der Waals surface area contributed by atoms with Crippen LogP contribution in [0.4, 0.5) is 15.8 Å². The van der Waals surface area contributed by atoms with Crippen molar-refractivity contribution in [3.05, 3.63) is 102 Å². The molecule has 2 heterocycles. The van der Waals surface area contributed by atoms with Crippen molar-refractivity contribution in [2.75, 3.05) is 16.5 Å². The summed E-state index contributed by atoms with van der Waals surface area (Å²) in [5.74, 6) is -0.792. The van der Waals surface area contributed by atoms with Crippen LogP contribution in [-0.4, -0.2) is 30.5 Å². The molecule has 0 aliphatic heterocycles. The molecule has 4 aromatic rings. The summed E-state index contributed by atoms with van der Waals surface area (Å²) in [5, 5.41) is 1.97. The van der Waals surface area contributed by atoms with E-state index >= 15 is 0 Å². The molecule has 0 spiro atoms. The van der Waals surface area contributed by atoms with Crippen molar-refractivity contribution < 1.29 is 22.0 Å². The van der Waals surface area contributed by atoms with Crippen LogP contribution in [0.25, 0.3) is 0 Å². The van der Waals surface area contributed by atoms with Crippen LogP contribution in [0, 0.1) is 5.82 Å². The van der Waals surface area contributed by atoms with E-state index in [4.69, 9.17) is 4.42 Å². The second-order valence-electron chi connectivity index (χ2n) is 7.51. The Morgan fingerprint density at radius 3 is 2.44 bits per heavy atom. The zero-order valence-corrected chi connectivity index (χ0v) is 19.0. The Morgan fingerprint density at radius 2 is 1.76 bits per heavy atom. The van der Waals surface area contributed by atoms with Crippen LogP contribution in [0.5, 0.6) is 0 Å². The summed E-state index contributed by atoms with van der Waals surface area (Å²) in [5.41, 5.74) is 0.933. The molecule has 1 N–H and O–H groups in total. The summed E-state index contributed by atoms with van der Waals surface area (Å²) < 4.78 is 43.9. The van der Waals surface area contributed by atoms with Gasteiger partial charge in [-0.15, -0.1) is 0 Å². The molecular formula is C24H21FN4O4S. The van der Waals surface area contributed by atoms with E-state index in [1.165, 1.54) is 30.7 Å². The lowest BCUT2D eigenvalue weighted by Crippen LogP contribution is -2.27. The molecule has 2 aromatic heterocycles. The first-order chi connectivity index (χ1) is 16.3. The van der Waals surface area contributed by atoms with E-state index < -0.39 is 26.7 Å². The highest BCUT2D eigenvalue weighted by atomic mass is 32.2. The number of hydrogen-bond donors (Lipinski definition) is 1. The summed E-state index contributed by atoms with van der Waals surface area (Å²) >= 11 is 0. The van der Waals surface area contributed by atoms with Crippen molar-refractivity contribution in [1.82, 2.24) is 9.97 Å². The van der Waals surface area contributed by atoms with E-state index in [-0.39, 0.29) is 23.6 Å². The summed E-state index contributed by atoms with van der Waals surface area (Å²) in [7, 11) is -3.80. The van der Waals surface area contributed by atoms with Gasteiger partial charge in [-0.05, 0) is 29.8 Å². The number of rotatable bonds is 8. The van der Waals surface area contributed by atoms with Gasteiger partial charge in [-0.25, -0.2) is 22.8 Å². The number of anilines is 2. The zero-order valence-electron chi connectivity index (χ0n) is 18.2. The van der Waals surface area contributed by atoms with Crippen molar-refractivity contribution >= 4 is 27.1 Å². The third-order valence-corrected chi connectivity index (χ3v) is 5.76. The average molecular weight is 481 g/mol. The minimum atomic E-state index is -3.80. The average Bonchev–Trinajstić information content (AvgIpc) is 3.33. The number of benzene rings is 2. The van der Waals surface area contributed by atoms with Crippen molar-refractivity contribution in [1.29, 1.82) is 0 Å². The smallest absolute Gasteiger partial charge is 0.276 e. The van der Waals surface area contributed by atoms with Gasteiger partial charge in [0.1, 0.15) is 11.6 Å². The second kappa shape index (κ2) is 9.84. The molecule has 34 heavy (non-hydrogen) atoms. The maximum Gasteiger partial charge on any atom is 0.276 e. The zero-order chi connectivity index (χ0) is 24.1. The van der Waals surface area contributed by atoms with E-state index in [9.17, 15) is 17.6 Å². The van der Waals surface area contributed by atoms with Crippen molar-refractivity contribution in [3.8, 4) is 0 Å². The maximum atomic E-state index is 14.2. The first-order valence-electron chi connectivity index (χ1n) is 10.3. The number of carbonyl (C=O) groups excluding carboxylic acids is 1. The number of amides is 1. The minimum Gasteiger partial charge on any atom is -0.467 e. The molecule has 174 valence electrons. The standard InChI is InChI=1S/C24H21FN4O4S/c1-34(31,32)24-26-14-21(22(28-24)23(30)27-20-12-6-5-11-19(20)25)29(16-18-10-7-13-33-18)15-17-8-3-2-4-9-17/h2-14H,15-16H2,1H3,(H,27,30). The predicted molar refractivity (Wildman–Crippen MR) is 125 cm³/mol. The monoisotopic (exact) mass is 480 g/mol. The Hall–Kier alpha value is -4.05. The molecule has 2 aromatic carbocycles. The second-order valence-corrected chi connectivity index (χ2v) is 9.42. The summed E-state index contributed by atoms with van der Waals surface area (Å²) in [6.45, 7) is 0.604. The first-order valence-corrected chi connectivity index (χ1v) is 12.1. The molecule has 0 radical (unpaired) electrons. The van der Waals surface area contributed by atoms with Crippen LogP contribution in [0.3, 0.4) is 0 Å². The van der Waals surface area contributed by atoms with Crippen LogP contribution in [0.15, 0.2) is 88.8 Å². The van der Waals surface area contributed by atoms with Crippen LogP contribution in [0.2, 0.25) is 0 Å². The third kappa shape index (κ3) is 5.46. The fourth-order valence-electron chi connectivity index (χ4n) is 3.30. The third-order valence-electron chi connectivity index (χ3n) is 4.90. The minimum absolute atomic E-state index is 0.0568. The van der Waals surface area contributed by atoms with Crippen LogP contribution in [-0.2, 0) is 22.9 Å². The summed E-state index contributed by atoms with van der Waals surface area (Å²) in [6.07, 6.45) is 3.77. The molecule has 0 bridgehead atoms. The summed E-state index contributed by atoms with van der Waals surface area (Å²) in [6, 6.07) is 18.7. The molecule has 10 heteroatoms. The lowest BCUT2D eigenvalue weighted by molar-refractivity contribution is 0.102. The Balaban J connectivity index is 1.79. The number of halogens is 1. The number of nitrogens with zero attached hydrogens (tertiary/aromatic N) is 3. The molecule has 0 aliphatic rings. The van der Waals surface area contributed by atoms with E-state index in [2.05, 4.69) is 15.3 Å². The molecule has 0 unspecified atom stereocenters. The Labute approximate surface area is 196 Å². The van der Waals surface area contributed by atoms with Gasteiger partial charge in [-0.1, -0.05) is 42.5 Å². The lowest BCUT2D eigenvalue weighted by Gasteiger charge is -2.25. The van der Waals surface area contributed by atoms with E-state index in [1.54, 1.807) is 23.1 Å². The van der Waals surface area contributed by atoms with Gasteiger partial charge in [-0.2, -0.15) is 0 Å². The van der Waals surface area contributed by atoms with Crippen molar-refractivity contribution in [2.45, 2.75) is 18.2 Å². The largest absolute Gasteiger partial charge is 0.467 e. The molecular weight excluding hydrogens is 459 g/mol. The molecule has 0 saturated carbocycles. The normalized spacial score (nSPS) is 11.2. The quantitative estimate of drug-likeness (QED) is 0.379. The van der Waals surface area contributed by atoms with Crippen LogP contribution >= 0.6 is 0 Å².